The minimum absolute atomic E-state index is 0.0228. The van der Waals surface area contributed by atoms with Crippen molar-refractivity contribution in [2.75, 3.05) is 26.4 Å². The van der Waals surface area contributed by atoms with Crippen LogP contribution < -0.4 is 20.1 Å². The molecule has 2 heterocycles. The normalized spacial score (nSPS) is 15.8. The van der Waals surface area contributed by atoms with Crippen molar-refractivity contribution in [2.45, 2.75) is 25.4 Å². The first-order chi connectivity index (χ1) is 14.6. The van der Waals surface area contributed by atoms with Crippen LogP contribution in [-0.4, -0.2) is 49.2 Å². The number of hydrogen-bond acceptors (Lipinski definition) is 5. The standard InChI is InChI=1S/C22H24FN3O4/c23-18-4-2-1-3-17(18)22(28)25-16-7-9-26(10-8-16)21(27)13-24-12-15-5-6-19-20(11-15)30-14-29-19/h1-6,11,16,24H,7-10,12-14H2,(H,25,28). The van der Waals surface area contributed by atoms with Crippen LogP contribution in [0.2, 0.25) is 0 Å². The summed E-state index contributed by atoms with van der Waals surface area (Å²) >= 11 is 0. The number of nitrogens with zero attached hydrogens (tertiary/aromatic N) is 1. The van der Waals surface area contributed by atoms with Gasteiger partial charge >= 0.3 is 0 Å². The number of amides is 2. The summed E-state index contributed by atoms with van der Waals surface area (Å²) in [6.07, 6.45) is 1.29. The van der Waals surface area contributed by atoms with E-state index in [-0.39, 0.29) is 30.9 Å². The summed E-state index contributed by atoms with van der Waals surface area (Å²) in [5, 5.41) is 6.03. The van der Waals surface area contributed by atoms with E-state index in [1.165, 1.54) is 12.1 Å². The van der Waals surface area contributed by atoms with Gasteiger partial charge in [-0.1, -0.05) is 18.2 Å². The lowest BCUT2D eigenvalue weighted by Gasteiger charge is -2.32. The second kappa shape index (κ2) is 9.13. The molecular formula is C22H24FN3O4. The van der Waals surface area contributed by atoms with Gasteiger partial charge in [-0.05, 0) is 42.7 Å². The number of piperidine rings is 1. The highest BCUT2D eigenvalue weighted by atomic mass is 19.1. The molecule has 2 aromatic rings. The SMILES string of the molecule is O=C(NC1CCN(C(=O)CNCc2ccc3c(c2)OCO3)CC1)c1ccccc1F. The Labute approximate surface area is 174 Å². The number of ether oxygens (including phenoxy) is 2. The van der Waals surface area contributed by atoms with Gasteiger partial charge in [0.05, 0.1) is 12.1 Å². The topological polar surface area (TPSA) is 79.9 Å². The van der Waals surface area contributed by atoms with Crippen molar-refractivity contribution in [3.63, 3.8) is 0 Å². The Morgan fingerprint density at radius 2 is 1.83 bits per heavy atom. The first-order valence-corrected chi connectivity index (χ1v) is 10.0. The first kappa shape index (κ1) is 20.2. The summed E-state index contributed by atoms with van der Waals surface area (Å²) in [5.74, 6) is 0.536. The zero-order valence-corrected chi connectivity index (χ0v) is 16.5. The number of hydrogen-bond donors (Lipinski definition) is 2. The molecule has 0 bridgehead atoms. The Hall–Kier alpha value is -3.13. The fraction of sp³-hybridized carbons (Fsp3) is 0.364. The molecule has 30 heavy (non-hydrogen) atoms. The smallest absolute Gasteiger partial charge is 0.254 e. The molecule has 1 saturated heterocycles. The van der Waals surface area contributed by atoms with Crippen molar-refractivity contribution >= 4 is 11.8 Å². The number of fused-ring (bicyclic) bond motifs is 1. The summed E-state index contributed by atoms with van der Waals surface area (Å²) in [4.78, 5) is 26.5. The zero-order valence-electron chi connectivity index (χ0n) is 16.5. The molecule has 2 N–H and O–H groups in total. The van der Waals surface area contributed by atoms with Crippen LogP contribution in [0.1, 0.15) is 28.8 Å². The van der Waals surface area contributed by atoms with Crippen LogP contribution in [-0.2, 0) is 11.3 Å². The average Bonchev–Trinajstić information content (AvgIpc) is 3.22. The van der Waals surface area contributed by atoms with Gasteiger partial charge in [-0.3, -0.25) is 9.59 Å². The number of carbonyl (C=O) groups excluding carboxylic acids is 2. The molecule has 0 saturated carbocycles. The number of carbonyl (C=O) groups is 2. The van der Waals surface area contributed by atoms with Gasteiger partial charge in [-0.2, -0.15) is 0 Å². The third-order valence-electron chi connectivity index (χ3n) is 5.34. The Morgan fingerprint density at radius 3 is 2.63 bits per heavy atom. The molecule has 1 fully saturated rings. The first-order valence-electron chi connectivity index (χ1n) is 10.0. The monoisotopic (exact) mass is 413 g/mol. The van der Waals surface area contributed by atoms with Crippen LogP contribution >= 0.6 is 0 Å². The van der Waals surface area contributed by atoms with Crippen molar-refractivity contribution in [1.82, 2.24) is 15.5 Å². The lowest BCUT2D eigenvalue weighted by Crippen LogP contribution is -2.48. The van der Waals surface area contributed by atoms with Crippen LogP contribution in [0.25, 0.3) is 0 Å². The zero-order chi connectivity index (χ0) is 20.9. The highest BCUT2D eigenvalue weighted by Crippen LogP contribution is 2.32. The molecule has 8 heteroatoms. The summed E-state index contributed by atoms with van der Waals surface area (Å²) < 4.78 is 24.4. The van der Waals surface area contributed by atoms with Crippen molar-refractivity contribution in [2.24, 2.45) is 0 Å². The van der Waals surface area contributed by atoms with Crippen molar-refractivity contribution < 1.29 is 23.5 Å². The molecule has 0 unspecified atom stereocenters. The maximum atomic E-state index is 13.7. The van der Waals surface area contributed by atoms with Gasteiger partial charge in [0.15, 0.2) is 11.5 Å². The molecule has 0 aromatic heterocycles. The molecule has 2 amide bonds. The van der Waals surface area contributed by atoms with Crippen molar-refractivity contribution in [3.8, 4) is 11.5 Å². The van der Waals surface area contributed by atoms with E-state index in [1.807, 2.05) is 18.2 Å². The van der Waals surface area contributed by atoms with Gasteiger partial charge < -0.3 is 25.0 Å². The molecule has 158 valence electrons. The van der Waals surface area contributed by atoms with Gasteiger partial charge in [0.25, 0.3) is 5.91 Å². The fourth-order valence-corrected chi connectivity index (χ4v) is 3.66. The number of benzene rings is 2. The lowest BCUT2D eigenvalue weighted by atomic mass is 10.0. The lowest BCUT2D eigenvalue weighted by molar-refractivity contribution is -0.131. The molecule has 2 aromatic carbocycles. The molecule has 0 aliphatic carbocycles. The Morgan fingerprint density at radius 1 is 1.07 bits per heavy atom. The minimum Gasteiger partial charge on any atom is -0.454 e. The summed E-state index contributed by atoms with van der Waals surface area (Å²) in [6.45, 7) is 2.15. The predicted octanol–water partition coefficient (Wildman–Crippen LogP) is 2.06. The summed E-state index contributed by atoms with van der Waals surface area (Å²) in [5.41, 5.74) is 1.06. The Balaban J connectivity index is 1.19. The van der Waals surface area contributed by atoms with Crippen molar-refractivity contribution in [1.29, 1.82) is 0 Å². The van der Waals surface area contributed by atoms with Crippen LogP contribution in [0.5, 0.6) is 11.5 Å². The maximum absolute atomic E-state index is 13.7. The van der Waals surface area contributed by atoms with Gasteiger partial charge in [0.1, 0.15) is 5.82 Å². The quantitative estimate of drug-likeness (QED) is 0.758. The van der Waals surface area contributed by atoms with E-state index < -0.39 is 11.7 Å². The highest BCUT2D eigenvalue weighted by molar-refractivity contribution is 5.94. The van der Waals surface area contributed by atoms with E-state index in [9.17, 15) is 14.0 Å². The number of nitrogens with one attached hydrogen (secondary N) is 2. The Bertz CT molecular complexity index is 928. The molecule has 0 spiro atoms. The molecular weight excluding hydrogens is 389 g/mol. The van der Waals surface area contributed by atoms with E-state index in [2.05, 4.69) is 10.6 Å². The largest absolute Gasteiger partial charge is 0.454 e. The summed E-state index contributed by atoms with van der Waals surface area (Å²) in [7, 11) is 0. The van der Waals surface area contributed by atoms with E-state index in [0.717, 1.165) is 17.1 Å². The van der Waals surface area contributed by atoms with Crippen LogP contribution in [0.3, 0.4) is 0 Å². The number of halogens is 1. The summed E-state index contributed by atoms with van der Waals surface area (Å²) in [6, 6.07) is 11.6. The molecule has 0 radical (unpaired) electrons. The van der Waals surface area contributed by atoms with Crippen LogP contribution in [0.15, 0.2) is 42.5 Å². The van der Waals surface area contributed by atoms with Crippen molar-refractivity contribution in [3.05, 3.63) is 59.4 Å². The molecule has 0 atom stereocenters. The third kappa shape index (κ3) is 4.71. The van der Waals surface area contributed by atoms with Gasteiger partial charge in [0.2, 0.25) is 12.7 Å². The second-order valence-electron chi connectivity index (χ2n) is 7.40. The van der Waals surface area contributed by atoms with Gasteiger partial charge in [-0.15, -0.1) is 0 Å². The number of likely N-dealkylation sites (tertiary alicyclic amines) is 1. The molecule has 4 rings (SSSR count). The van der Waals surface area contributed by atoms with E-state index in [1.54, 1.807) is 17.0 Å². The van der Waals surface area contributed by atoms with E-state index in [4.69, 9.17) is 9.47 Å². The molecule has 2 aliphatic heterocycles. The highest BCUT2D eigenvalue weighted by Gasteiger charge is 2.24. The average molecular weight is 413 g/mol. The molecule has 2 aliphatic rings. The van der Waals surface area contributed by atoms with Crippen LogP contribution in [0.4, 0.5) is 4.39 Å². The molecule has 7 nitrogen and oxygen atoms in total. The van der Waals surface area contributed by atoms with E-state index in [0.29, 0.717) is 32.5 Å². The van der Waals surface area contributed by atoms with Gasteiger partial charge in [0, 0.05) is 25.7 Å². The fourth-order valence-electron chi connectivity index (χ4n) is 3.66. The number of rotatable bonds is 6. The van der Waals surface area contributed by atoms with Gasteiger partial charge in [-0.25, -0.2) is 4.39 Å². The predicted molar refractivity (Wildman–Crippen MR) is 108 cm³/mol. The third-order valence-corrected chi connectivity index (χ3v) is 5.34. The maximum Gasteiger partial charge on any atom is 0.254 e. The second-order valence-corrected chi connectivity index (χ2v) is 7.40. The van der Waals surface area contributed by atoms with Crippen LogP contribution in [0, 0.1) is 5.82 Å². The van der Waals surface area contributed by atoms with E-state index >= 15 is 0 Å². The minimum atomic E-state index is -0.531. The Kier molecular flexibility index (Phi) is 6.13.